The molecule has 0 fully saturated rings. The van der Waals surface area contributed by atoms with Crippen LogP contribution in [0.5, 0.6) is 0 Å². The molecule has 0 atom stereocenters. The molecule has 0 aliphatic heterocycles. The van der Waals surface area contributed by atoms with Crippen LogP contribution in [0.2, 0.25) is 0 Å². The number of carbonyl (C=O) groups excluding carboxylic acids is 2. The molecule has 0 radical (unpaired) electrons. The van der Waals surface area contributed by atoms with Gasteiger partial charge in [-0.15, -0.1) is 0 Å². The molecule has 0 heterocycles. The molecule has 1 rings (SSSR count). The van der Waals surface area contributed by atoms with Crippen LogP contribution in [-0.4, -0.2) is 11.8 Å². The van der Waals surface area contributed by atoms with Crippen LogP contribution in [0.4, 0.5) is 0 Å². The summed E-state index contributed by atoms with van der Waals surface area (Å²) in [7, 11) is 0. The largest absolute Gasteiger partial charge is 0.550 e. The molecule has 1 aromatic rings. The Morgan fingerprint density at radius 3 is 2.18 bits per heavy atom. The van der Waals surface area contributed by atoms with Crippen LogP contribution in [0, 0.1) is 0 Å². The summed E-state index contributed by atoms with van der Waals surface area (Å²) in [6.07, 6.45) is 0.540. The molecule has 0 unspecified atom stereocenters. The summed E-state index contributed by atoms with van der Waals surface area (Å²) in [4.78, 5) is 21.9. The van der Waals surface area contributed by atoms with Gasteiger partial charge in [0.05, 0.1) is 0 Å². The summed E-state index contributed by atoms with van der Waals surface area (Å²) >= 11 is 0. The van der Waals surface area contributed by atoms with Crippen molar-refractivity contribution in [3.8, 4) is 0 Å². The predicted molar refractivity (Wildman–Crippen MR) is 63.7 cm³/mol. The van der Waals surface area contributed by atoms with Gasteiger partial charge in [0, 0.05) is 18.0 Å². The van der Waals surface area contributed by atoms with E-state index in [1.54, 1.807) is 12.1 Å². The highest BCUT2D eigenvalue weighted by molar-refractivity contribution is 5.96. The van der Waals surface area contributed by atoms with Gasteiger partial charge >= 0.3 is 0 Å². The summed E-state index contributed by atoms with van der Waals surface area (Å²) in [5, 5.41) is 10.2. The van der Waals surface area contributed by atoms with E-state index >= 15 is 0 Å². The van der Waals surface area contributed by atoms with Crippen LogP contribution in [0.25, 0.3) is 0 Å². The third-order valence-corrected chi connectivity index (χ3v) is 2.68. The van der Waals surface area contributed by atoms with Gasteiger partial charge in [-0.25, -0.2) is 0 Å². The number of Topliss-reactive ketones (excluding diaryl/α,β-unsaturated/α-hetero) is 1. The third-order valence-electron chi connectivity index (χ3n) is 2.68. The van der Waals surface area contributed by atoms with Crippen molar-refractivity contribution in [1.29, 1.82) is 0 Å². The van der Waals surface area contributed by atoms with Gasteiger partial charge in [0.15, 0.2) is 5.78 Å². The van der Waals surface area contributed by atoms with E-state index in [1.807, 2.05) is 12.1 Å². The van der Waals surface area contributed by atoms with E-state index in [0.29, 0.717) is 17.9 Å². The fourth-order valence-corrected chi connectivity index (χ4v) is 1.59. The number of carboxylic acid groups (broad SMARTS) is 1. The maximum absolute atomic E-state index is 11.7. The molecule has 3 heteroatoms. The van der Waals surface area contributed by atoms with Crippen LogP contribution < -0.4 is 5.11 Å². The maximum Gasteiger partial charge on any atom is 0.162 e. The van der Waals surface area contributed by atoms with E-state index in [4.69, 9.17) is 0 Å². The summed E-state index contributed by atoms with van der Waals surface area (Å²) in [5.74, 6) is -0.674. The average Bonchev–Trinajstić information content (AvgIpc) is 2.28. The van der Waals surface area contributed by atoms with Gasteiger partial charge in [-0.3, -0.25) is 4.79 Å². The molecule has 92 valence electrons. The molecule has 0 N–H and O–H groups in total. The van der Waals surface area contributed by atoms with E-state index in [-0.39, 0.29) is 18.6 Å². The number of carboxylic acids is 1. The van der Waals surface area contributed by atoms with Gasteiger partial charge in [0.1, 0.15) is 0 Å². The number of carbonyl (C=O) groups is 2. The van der Waals surface area contributed by atoms with Crippen LogP contribution >= 0.6 is 0 Å². The lowest BCUT2D eigenvalue weighted by atomic mass is 9.99. The molecule has 0 aliphatic rings. The van der Waals surface area contributed by atoms with Gasteiger partial charge in [0.2, 0.25) is 0 Å². The zero-order valence-electron chi connectivity index (χ0n) is 10.2. The second-order valence-corrected chi connectivity index (χ2v) is 4.43. The normalized spacial score (nSPS) is 10.5. The van der Waals surface area contributed by atoms with E-state index in [1.165, 1.54) is 5.56 Å². The highest BCUT2D eigenvalue weighted by Gasteiger charge is 2.06. The molecule has 17 heavy (non-hydrogen) atoms. The maximum atomic E-state index is 11.7. The minimum absolute atomic E-state index is 0.0124. The lowest BCUT2D eigenvalue weighted by Gasteiger charge is -2.06. The fourth-order valence-electron chi connectivity index (χ4n) is 1.59. The Bertz CT molecular complexity index is 390. The van der Waals surface area contributed by atoms with Crippen molar-refractivity contribution in [1.82, 2.24) is 0 Å². The summed E-state index contributed by atoms with van der Waals surface area (Å²) < 4.78 is 0. The van der Waals surface area contributed by atoms with E-state index in [2.05, 4.69) is 13.8 Å². The van der Waals surface area contributed by atoms with E-state index in [0.717, 1.165) is 0 Å². The van der Waals surface area contributed by atoms with Crippen molar-refractivity contribution in [2.45, 2.75) is 39.0 Å². The quantitative estimate of drug-likeness (QED) is 0.705. The molecule has 0 saturated heterocycles. The number of rotatable bonds is 6. The first-order valence-corrected chi connectivity index (χ1v) is 5.83. The van der Waals surface area contributed by atoms with Crippen molar-refractivity contribution in [3.63, 3.8) is 0 Å². The fraction of sp³-hybridized carbons (Fsp3) is 0.429. The van der Waals surface area contributed by atoms with Crippen LogP contribution in [-0.2, 0) is 4.79 Å². The van der Waals surface area contributed by atoms with Crippen molar-refractivity contribution in [2.24, 2.45) is 0 Å². The molecule has 0 aromatic heterocycles. The minimum Gasteiger partial charge on any atom is -0.550 e. The van der Waals surface area contributed by atoms with E-state index in [9.17, 15) is 14.7 Å². The Kier molecular flexibility index (Phi) is 4.88. The van der Waals surface area contributed by atoms with Crippen LogP contribution in [0.1, 0.15) is 54.9 Å². The van der Waals surface area contributed by atoms with Crippen molar-refractivity contribution in [2.75, 3.05) is 0 Å². The Morgan fingerprint density at radius 1 is 1.12 bits per heavy atom. The Balaban J connectivity index is 2.54. The lowest BCUT2D eigenvalue weighted by Crippen LogP contribution is -2.21. The Morgan fingerprint density at radius 2 is 1.71 bits per heavy atom. The molecule has 0 saturated carbocycles. The Hall–Kier alpha value is -1.64. The predicted octanol–water partition coefficient (Wildman–Crippen LogP) is 1.91. The number of ketones is 1. The molecule has 3 nitrogen and oxygen atoms in total. The van der Waals surface area contributed by atoms with Crippen LogP contribution in [0.3, 0.4) is 0 Å². The van der Waals surface area contributed by atoms with Gasteiger partial charge < -0.3 is 9.90 Å². The second kappa shape index (κ2) is 6.18. The summed E-state index contributed by atoms with van der Waals surface area (Å²) in [6.45, 7) is 4.19. The van der Waals surface area contributed by atoms with Gasteiger partial charge in [-0.05, 0) is 24.3 Å². The third kappa shape index (κ3) is 4.39. The van der Waals surface area contributed by atoms with Gasteiger partial charge in [-0.2, -0.15) is 0 Å². The molecular formula is C14H17O3-. The molecule has 0 amide bonds. The lowest BCUT2D eigenvalue weighted by molar-refractivity contribution is -0.305. The van der Waals surface area contributed by atoms with Crippen molar-refractivity contribution < 1.29 is 14.7 Å². The topological polar surface area (TPSA) is 57.2 Å². The monoisotopic (exact) mass is 233 g/mol. The number of benzene rings is 1. The molecular weight excluding hydrogens is 216 g/mol. The highest BCUT2D eigenvalue weighted by Crippen LogP contribution is 2.16. The molecule has 0 aliphatic carbocycles. The first-order chi connectivity index (χ1) is 8.00. The van der Waals surface area contributed by atoms with Crippen molar-refractivity contribution in [3.05, 3.63) is 35.4 Å². The standard InChI is InChI=1S/C14H18O3/c1-10(2)11-6-8-12(9-7-11)13(15)4-3-5-14(16)17/h6-10H,3-5H2,1-2H3,(H,16,17)/p-1. The second-order valence-electron chi connectivity index (χ2n) is 4.43. The molecule has 1 aromatic carbocycles. The first-order valence-electron chi connectivity index (χ1n) is 5.83. The number of hydrogen-bond acceptors (Lipinski definition) is 3. The number of aliphatic carboxylic acids is 1. The van der Waals surface area contributed by atoms with Crippen LogP contribution in [0.15, 0.2) is 24.3 Å². The van der Waals surface area contributed by atoms with Gasteiger partial charge in [-0.1, -0.05) is 38.1 Å². The van der Waals surface area contributed by atoms with E-state index < -0.39 is 5.97 Å². The zero-order valence-corrected chi connectivity index (χ0v) is 10.2. The van der Waals surface area contributed by atoms with Crippen molar-refractivity contribution >= 4 is 11.8 Å². The SMILES string of the molecule is CC(C)c1ccc(C(=O)CCCC(=O)[O-])cc1. The number of hydrogen-bond donors (Lipinski definition) is 0. The van der Waals surface area contributed by atoms with Gasteiger partial charge in [0.25, 0.3) is 0 Å². The Labute approximate surface area is 101 Å². The minimum atomic E-state index is -1.10. The summed E-state index contributed by atoms with van der Waals surface area (Å²) in [5.41, 5.74) is 1.84. The highest BCUT2D eigenvalue weighted by atomic mass is 16.4. The average molecular weight is 233 g/mol. The summed E-state index contributed by atoms with van der Waals surface area (Å²) in [6, 6.07) is 7.49. The first kappa shape index (κ1) is 13.4. The molecule has 0 spiro atoms. The molecule has 0 bridgehead atoms. The smallest absolute Gasteiger partial charge is 0.162 e. The zero-order chi connectivity index (χ0) is 12.8.